The molecule has 0 spiro atoms. The summed E-state index contributed by atoms with van der Waals surface area (Å²) < 4.78 is 0. The quantitative estimate of drug-likeness (QED) is 0.487. The zero-order chi connectivity index (χ0) is 9.14. The molecule has 0 N–H and O–H groups in total. The van der Waals surface area contributed by atoms with Crippen LogP contribution in [0.4, 0.5) is 0 Å². The van der Waals surface area contributed by atoms with Crippen LogP contribution < -0.4 is 10.9 Å². The summed E-state index contributed by atoms with van der Waals surface area (Å²) in [6, 6.07) is 2.19. The molecule has 1 nitrogen and oxygen atoms in total. The van der Waals surface area contributed by atoms with E-state index in [2.05, 4.69) is 41.4 Å². The summed E-state index contributed by atoms with van der Waals surface area (Å²) in [7, 11) is 4.75. The lowest BCUT2D eigenvalue weighted by Gasteiger charge is -2.09. The van der Waals surface area contributed by atoms with Gasteiger partial charge in [-0.05, 0) is 11.5 Å². The van der Waals surface area contributed by atoms with Gasteiger partial charge >= 0.3 is 0 Å². The first-order chi connectivity index (χ1) is 5.65. The first-order valence-electron chi connectivity index (χ1n) is 4.20. The van der Waals surface area contributed by atoms with E-state index < -0.39 is 0 Å². The maximum atomic E-state index is 4.30. The largest absolute Gasteiger partial charge is 0.257 e. The molecule has 63 valence electrons. The van der Waals surface area contributed by atoms with Crippen molar-refractivity contribution in [3.8, 4) is 0 Å². The molecule has 1 atom stereocenters. The summed E-state index contributed by atoms with van der Waals surface area (Å²) in [5, 5.41) is 0. The van der Waals surface area contributed by atoms with Crippen LogP contribution in [0.2, 0.25) is 6.82 Å². The fourth-order valence-electron chi connectivity index (χ4n) is 1.13. The highest BCUT2D eigenvalue weighted by atomic mass is 31.0. The molecule has 1 unspecified atom stereocenters. The molecule has 1 aromatic heterocycles. The van der Waals surface area contributed by atoms with Gasteiger partial charge in [-0.15, -0.1) is 0 Å². The Morgan fingerprint density at radius 2 is 2.17 bits per heavy atom. The smallest absolute Gasteiger partial charge is 0.150 e. The third-order valence-corrected chi connectivity index (χ3v) is 2.41. The van der Waals surface area contributed by atoms with Gasteiger partial charge in [0.15, 0.2) is 0 Å². The Hall–Kier alpha value is -0.355. The monoisotopic (exact) mass is 178 g/mol. The number of pyridine rings is 1. The third-order valence-electron chi connectivity index (χ3n) is 1.93. The van der Waals surface area contributed by atoms with E-state index in [-0.39, 0.29) is 0 Å². The van der Waals surface area contributed by atoms with Crippen molar-refractivity contribution in [3.05, 3.63) is 17.8 Å². The van der Waals surface area contributed by atoms with Crippen molar-refractivity contribution in [1.29, 1.82) is 0 Å². The van der Waals surface area contributed by atoms with Crippen LogP contribution in [0.15, 0.2) is 12.3 Å². The van der Waals surface area contributed by atoms with Crippen molar-refractivity contribution in [2.75, 3.05) is 0 Å². The van der Waals surface area contributed by atoms with Gasteiger partial charge in [-0.2, -0.15) is 0 Å². The number of hydrogen-bond acceptors (Lipinski definition) is 1. The van der Waals surface area contributed by atoms with Crippen LogP contribution in [0.25, 0.3) is 0 Å². The Labute approximate surface area is 77.4 Å². The molecule has 0 saturated carbocycles. The number of hydrogen-bond donors (Lipinski definition) is 0. The summed E-state index contributed by atoms with van der Waals surface area (Å²) in [6.45, 7) is 6.40. The van der Waals surface area contributed by atoms with E-state index in [1.807, 2.05) is 13.0 Å². The van der Waals surface area contributed by atoms with E-state index in [0.29, 0.717) is 5.92 Å². The van der Waals surface area contributed by atoms with Crippen molar-refractivity contribution >= 4 is 27.4 Å². The van der Waals surface area contributed by atoms with E-state index in [1.165, 1.54) is 11.0 Å². The molecular formula is C9H14BNP. The Balaban J connectivity index is 3.08. The number of nitrogens with zero attached hydrogens (tertiary/aromatic N) is 1. The number of rotatable bonds is 2. The molecule has 0 amide bonds. The van der Waals surface area contributed by atoms with Crippen molar-refractivity contribution in [2.24, 2.45) is 0 Å². The van der Waals surface area contributed by atoms with Gasteiger partial charge in [0.25, 0.3) is 0 Å². The van der Waals surface area contributed by atoms with Crippen LogP contribution in [0.5, 0.6) is 0 Å². The lowest BCUT2D eigenvalue weighted by molar-refractivity contribution is 0.870. The Morgan fingerprint density at radius 1 is 1.50 bits per heavy atom. The second-order valence-electron chi connectivity index (χ2n) is 3.19. The summed E-state index contributed by atoms with van der Waals surface area (Å²) in [6.07, 6.45) is 1.90. The molecule has 1 radical (unpaired) electrons. The van der Waals surface area contributed by atoms with Gasteiger partial charge in [-0.1, -0.05) is 41.4 Å². The predicted molar refractivity (Wildman–Crippen MR) is 58.9 cm³/mol. The minimum atomic E-state index is 0.546. The first kappa shape index (κ1) is 9.73. The Bertz CT molecular complexity index is 273. The molecule has 1 aromatic rings. The molecular weight excluding hydrogens is 164 g/mol. The first-order valence-corrected chi connectivity index (χ1v) is 4.77. The van der Waals surface area contributed by atoms with Crippen molar-refractivity contribution < 1.29 is 0 Å². The second-order valence-corrected chi connectivity index (χ2v) is 3.73. The second kappa shape index (κ2) is 4.05. The van der Waals surface area contributed by atoms with Crippen LogP contribution in [-0.2, 0) is 0 Å². The predicted octanol–water partition coefficient (Wildman–Crippen LogP) is 1.08. The van der Waals surface area contributed by atoms with E-state index in [0.717, 1.165) is 5.44 Å². The van der Waals surface area contributed by atoms with E-state index in [1.54, 1.807) is 0 Å². The molecule has 0 aromatic carbocycles. The maximum Gasteiger partial charge on any atom is 0.150 e. The van der Waals surface area contributed by atoms with Gasteiger partial charge in [0, 0.05) is 6.20 Å². The van der Waals surface area contributed by atoms with E-state index >= 15 is 0 Å². The van der Waals surface area contributed by atoms with Gasteiger partial charge in [-0.25, -0.2) is 0 Å². The van der Waals surface area contributed by atoms with Crippen LogP contribution in [0, 0.1) is 0 Å². The molecule has 1 heterocycles. The van der Waals surface area contributed by atoms with Crippen LogP contribution in [0.1, 0.15) is 25.3 Å². The summed E-state index contributed by atoms with van der Waals surface area (Å²) >= 11 is 0. The zero-order valence-corrected chi connectivity index (χ0v) is 8.99. The molecule has 0 fully saturated rings. The van der Waals surface area contributed by atoms with Gasteiger partial charge in [0.05, 0.1) is 5.44 Å². The summed E-state index contributed by atoms with van der Waals surface area (Å²) in [4.78, 5) is 4.30. The zero-order valence-electron chi connectivity index (χ0n) is 7.83. The van der Waals surface area contributed by atoms with Crippen LogP contribution in [0.3, 0.4) is 0 Å². The van der Waals surface area contributed by atoms with E-state index in [4.69, 9.17) is 0 Å². The molecule has 12 heavy (non-hydrogen) atoms. The Morgan fingerprint density at radius 3 is 2.67 bits per heavy atom. The highest BCUT2D eigenvalue weighted by Crippen LogP contribution is 2.10. The minimum Gasteiger partial charge on any atom is -0.257 e. The van der Waals surface area contributed by atoms with Gasteiger partial charge in [0.1, 0.15) is 7.28 Å². The molecule has 0 bridgehead atoms. The average molecular weight is 178 g/mol. The standard InChI is InChI=1S/C9H14BNP/c1-6(2)8-4-7(10-3)5-11-9(8)12/h4-6H,12H2,1-3H3. The van der Waals surface area contributed by atoms with Crippen LogP contribution in [-0.4, -0.2) is 12.3 Å². The maximum absolute atomic E-state index is 4.30. The van der Waals surface area contributed by atoms with Crippen molar-refractivity contribution in [1.82, 2.24) is 4.98 Å². The molecule has 0 aliphatic carbocycles. The number of aromatic nitrogens is 1. The summed E-state index contributed by atoms with van der Waals surface area (Å²) in [5.74, 6) is 0.546. The van der Waals surface area contributed by atoms with Gasteiger partial charge < -0.3 is 0 Å². The van der Waals surface area contributed by atoms with Crippen molar-refractivity contribution in [3.63, 3.8) is 0 Å². The van der Waals surface area contributed by atoms with Crippen molar-refractivity contribution in [2.45, 2.75) is 26.6 Å². The van der Waals surface area contributed by atoms with Crippen LogP contribution >= 0.6 is 9.24 Å². The normalized spacial score (nSPS) is 10.4. The summed E-state index contributed by atoms with van der Waals surface area (Å²) in [5.41, 5.74) is 3.58. The minimum absolute atomic E-state index is 0.546. The van der Waals surface area contributed by atoms with Gasteiger partial charge in [0.2, 0.25) is 0 Å². The third kappa shape index (κ3) is 2.07. The lowest BCUT2D eigenvalue weighted by Crippen LogP contribution is -2.19. The molecule has 0 saturated heterocycles. The van der Waals surface area contributed by atoms with Gasteiger partial charge in [-0.3, -0.25) is 4.98 Å². The SMILES string of the molecule is C[B]c1cnc(P)c(C(C)C)c1. The lowest BCUT2D eigenvalue weighted by atomic mass is 9.73. The fourth-order valence-corrected chi connectivity index (χ4v) is 1.62. The topological polar surface area (TPSA) is 12.9 Å². The molecule has 0 aliphatic rings. The highest BCUT2D eigenvalue weighted by molar-refractivity contribution is 7.27. The Kier molecular flexibility index (Phi) is 3.28. The van der Waals surface area contributed by atoms with E-state index in [9.17, 15) is 0 Å². The molecule has 3 heteroatoms. The molecule has 1 rings (SSSR count). The average Bonchev–Trinajstić information content (AvgIpc) is 2.05. The highest BCUT2D eigenvalue weighted by Gasteiger charge is 2.04. The molecule has 0 aliphatic heterocycles. The fraction of sp³-hybridized carbons (Fsp3) is 0.444.